The molecule has 0 atom stereocenters. The summed E-state index contributed by atoms with van der Waals surface area (Å²) in [4.78, 5) is 15.3. The Morgan fingerprint density at radius 1 is 1.29 bits per heavy atom. The second-order valence-corrected chi connectivity index (χ2v) is 6.10. The highest BCUT2D eigenvalue weighted by molar-refractivity contribution is 7.92. The first-order valence-corrected chi connectivity index (χ1v) is 7.61. The number of ether oxygens (including phenoxy) is 1. The van der Waals surface area contributed by atoms with E-state index in [0.717, 1.165) is 0 Å². The molecule has 2 rings (SSSR count). The zero-order chi connectivity index (χ0) is 15.5. The molecule has 0 saturated heterocycles. The molecule has 0 radical (unpaired) electrons. The summed E-state index contributed by atoms with van der Waals surface area (Å²) >= 11 is 5.77. The van der Waals surface area contributed by atoms with Crippen LogP contribution in [0.5, 0.6) is 0 Å². The van der Waals surface area contributed by atoms with E-state index in [1.165, 1.54) is 43.6 Å². The Kier molecular flexibility index (Phi) is 4.44. The Bertz CT molecular complexity index is 777. The molecule has 0 fully saturated rings. The predicted molar refractivity (Wildman–Crippen MR) is 77.8 cm³/mol. The van der Waals surface area contributed by atoms with Crippen LogP contribution in [0.25, 0.3) is 0 Å². The summed E-state index contributed by atoms with van der Waals surface area (Å²) < 4.78 is 31.2. The third kappa shape index (κ3) is 3.71. The number of halogens is 1. The van der Waals surface area contributed by atoms with E-state index in [9.17, 15) is 13.2 Å². The number of hydrogen-bond donors (Lipinski definition) is 1. The van der Waals surface area contributed by atoms with Crippen LogP contribution in [0.15, 0.2) is 47.5 Å². The first kappa shape index (κ1) is 15.3. The van der Waals surface area contributed by atoms with Gasteiger partial charge in [-0.1, -0.05) is 17.7 Å². The number of pyridine rings is 1. The van der Waals surface area contributed by atoms with Crippen LogP contribution in [0, 0.1) is 0 Å². The topological polar surface area (TPSA) is 85.4 Å². The number of rotatable bonds is 4. The van der Waals surface area contributed by atoms with Gasteiger partial charge in [0.2, 0.25) is 0 Å². The largest absolute Gasteiger partial charge is 0.465 e. The zero-order valence-electron chi connectivity index (χ0n) is 10.9. The summed E-state index contributed by atoms with van der Waals surface area (Å²) in [5.74, 6) is -0.571. The fourth-order valence-corrected chi connectivity index (χ4v) is 2.86. The third-order valence-corrected chi connectivity index (χ3v) is 4.11. The first-order chi connectivity index (χ1) is 9.92. The van der Waals surface area contributed by atoms with Crippen molar-refractivity contribution in [3.63, 3.8) is 0 Å². The summed E-state index contributed by atoms with van der Waals surface area (Å²) in [6.07, 6.45) is 1.31. The third-order valence-electron chi connectivity index (χ3n) is 2.53. The van der Waals surface area contributed by atoms with Crippen LogP contribution in [0.3, 0.4) is 0 Å². The summed E-state index contributed by atoms with van der Waals surface area (Å²) in [5.41, 5.74) is 0.191. The number of hydrogen-bond acceptors (Lipinski definition) is 5. The Morgan fingerprint density at radius 3 is 2.71 bits per heavy atom. The first-order valence-electron chi connectivity index (χ1n) is 5.75. The average molecular weight is 327 g/mol. The van der Waals surface area contributed by atoms with E-state index in [0.29, 0.717) is 5.02 Å². The average Bonchev–Trinajstić information content (AvgIpc) is 2.46. The minimum Gasteiger partial charge on any atom is -0.465 e. The summed E-state index contributed by atoms with van der Waals surface area (Å²) in [6, 6.07) is 8.51. The summed E-state index contributed by atoms with van der Waals surface area (Å²) in [5, 5.41) is 0.300. The van der Waals surface area contributed by atoms with Crippen LogP contribution in [0.4, 0.5) is 5.82 Å². The Balaban J connectivity index is 2.31. The van der Waals surface area contributed by atoms with Crippen LogP contribution < -0.4 is 4.72 Å². The van der Waals surface area contributed by atoms with Gasteiger partial charge in [0.15, 0.2) is 0 Å². The van der Waals surface area contributed by atoms with Crippen LogP contribution in [-0.2, 0) is 14.8 Å². The van der Waals surface area contributed by atoms with E-state index in [2.05, 4.69) is 14.4 Å². The quantitative estimate of drug-likeness (QED) is 0.871. The predicted octanol–water partition coefficient (Wildman–Crippen LogP) is 2.32. The Morgan fingerprint density at radius 2 is 2.05 bits per heavy atom. The van der Waals surface area contributed by atoms with Gasteiger partial charge >= 0.3 is 5.97 Å². The number of sulfonamides is 1. The molecule has 1 aromatic heterocycles. The maximum atomic E-state index is 12.2. The molecule has 0 bridgehead atoms. The Hall–Kier alpha value is -2.12. The summed E-state index contributed by atoms with van der Waals surface area (Å²) in [6.45, 7) is 0. The molecular formula is C13H11ClN2O4S. The molecule has 1 heterocycles. The molecule has 110 valence electrons. The van der Waals surface area contributed by atoms with Crippen molar-refractivity contribution in [2.75, 3.05) is 11.8 Å². The maximum Gasteiger partial charge on any atom is 0.338 e. The molecule has 0 aliphatic rings. The number of aromatic nitrogens is 1. The molecule has 2 aromatic rings. The van der Waals surface area contributed by atoms with Gasteiger partial charge < -0.3 is 4.74 Å². The molecular weight excluding hydrogens is 316 g/mol. The van der Waals surface area contributed by atoms with Crippen LogP contribution in [0.2, 0.25) is 5.02 Å². The van der Waals surface area contributed by atoms with Crippen molar-refractivity contribution in [3.05, 3.63) is 53.2 Å². The van der Waals surface area contributed by atoms with Gasteiger partial charge in [0.25, 0.3) is 10.0 Å². The van der Waals surface area contributed by atoms with Gasteiger partial charge in [-0.25, -0.2) is 18.2 Å². The standard InChI is InChI=1S/C13H11ClN2O4S/c1-20-13(17)9-5-6-15-12(7-9)16-21(18,19)11-4-2-3-10(14)8-11/h2-8H,1H3,(H,15,16). The van der Waals surface area contributed by atoms with Crippen molar-refractivity contribution >= 4 is 33.4 Å². The van der Waals surface area contributed by atoms with E-state index in [1.807, 2.05) is 0 Å². The maximum absolute atomic E-state index is 12.2. The SMILES string of the molecule is COC(=O)c1ccnc(NS(=O)(=O)c2cccc(Cl)c2)c1. The molecule has 6 nitrogen and oxygen atoms in total. The van der Waals surface area contributed by atoms with E-state index >= 15 is 0 Å². The molecule has 0 amide bonds. The number of nitrogens with one attached hydrogen (secondary N) is 1. The highest BCUT2D eigenvalue weighted by atomic mass is 35.5. The lowest BCUT2D eigenvalue weighted by Crippen LogP contribution is -2.14. The van der Waals surface area contributed by atoms with Crippen molar-refractivity contribution in [1.29, 1.82) is 0 Å². The number of anilines is 1. The zero-order valence-corrected chi connectivity index (χ0v) is 12.5. The lowest BCUT2D eigenvalue weighted by atomic mass is 10.3. The van der Waals surface area contributed by atoms with Gasteiger partial charge in [0, 0.05) is 11.2 Å². The molecule has 0 aliphatic carbocycles. The second-order valence-electron chi connectivity index (χ2n) is 3.98. The molecule has 0 saturated carbocycles. The highest BCUT2D eigenvalue weighted by Gasteiger charge is 2.16. The van der Waals surface area contributed by atoms with Crippen molar-refractivity contribution in [2.24, 2.45) is 0 Å². The van der Waals surface area contributed by atoms with Crippen molar-refractivity contribution in [1.82, 2.24) is 4.98 Å². The fourth-order valence-electron chi connectivity index (χ4n) is 1.56. The fraction of sp³-hybridized carbons (Fsp3) is 0.0769. The monoisotopic (exact) mass is 326 g/mol. The van der Waals surface area contributed by atoms with Crippen LogP contribution >= 0.6 is 11.6 Å². The number of benzene rings is 1. The lowest BCUT2D eigenvalue weighted by Gasteiger charge is -2.08. The minimum absolute atomic E-state index is 0.000251. The Labute approximate surface area is 126 Å². The van der Waals surface area contributed by atoms with Crippen molar-refractivity contribution in [3.8, 4) is 0 Å². The van der Waals surface area contributed by atoms with E-state index < -0.39 is 16.0 Å². The highest BCUT2D eigenvalue weighted by Crippen LogP contribution is 2.18. The van der Waals surface area contributed by atoms with Gasteiger partial charge in [0.05, 0.1) is 17.6 Å². The van der Waals surface area contributed by atoms with Gasteiger partial charge in [-0.2, -0.15) is 0 Å². The van der Waals surface area contributed by atoms with Crippen LogP contribution in [0.1, 0.15) is 10.4 Å². The number of carbonyl (C=O) groups is 1. The van der Waals surface area contributed by atoms with E-state index in [1.54, 1.807) is 6.07 Å². The van der Waals surface area contributed by atoms with E-state index in [-0.39, 0.29) is 16.3 Å². The number of nitrogens with zero attached hydrogens (tertiary/aromatic N) is 1. The molecule has 8 heteroatoms. The number of esters is 1. The van der Waals surface area contributed by atoms with E-state index in [4.69, 9.17) is 11.6 Å². The normalized spacial score (nSPS) is 11.0. The molecule has 0 spiro atoms. The molecule has 21 heavy (non-hydrogen) atoms. The van der Waals surface area contributed by atoms with Crippen molar-refractivity contribution in [2.45, 2.75) is 4.90 Å². The lowest BCUT2D eigenvalue weighted by molar-refractivity contribution is 0.0600. The van der Waals surface area contributed by atoms with Gasteiger partial charge in [-0.05, 0) is 30.3 Å². The molecule has 0 aliphatic heterocycles. The van der Waals surface area contributed by atoms with Gasteiger partial charge in [-0.15, -0.1) is 0 Å². The van der Waals surface area contributed by atoms with Gasteiger partial charge in [0.1, 0.15) is 5.82 Å². The minimum atomic E-state index is -3.83. The number of carbonyl (C=O) groups excluding carboxylic acids is 1. The molecule has 1 aromatic carbocycles. The smallest absolute Gasteiger partial charge is 0.338 e. The molecule has 0 unspecified atom stereocenters. The van der Waals surface area contributed by atoms with Crippen molar-refractivity contribution < 1.29 is 17.9 Å². The summed E-state index contributed by atoms with van der Waals surface area (Å²) in [7, 11) is -2.60. The van der Waals surface area contributed by atoms with Crippen LogP contribution in [-0.4, -0.2) is 26.5 Å². The van der Waals surface area contributed by atoms with Gasteiger partial charge in [-0.3, -0.25) is 4.72 Å². The number of methoxy groups -OCH3 is 1. The second kappa shape index (κ2) is 6.11. The molecule has 1 N–H and O–H groups in total.